The summed E-state index contributed by atoms with van der Waals surface area (Å²) in [6, 6.07) is 12.4. The number of likely N-dealkylation sites (N-methyl/N-ethyl adjacent to an activating group) is 1. The fourth-order valence-electron chi connectivity index (χ4n) is 2.96. The quantitative estimate of drug-likeness (QED) is 0.784. The number of hydrogen-bond acceptors (Lipinski definition) is 2. The molecule has 0 aliphatic heterocycles. The third kappa shape index (κ3) is 4.92. The first-order valence-corrected chi connectivity index (χ1v) is 8.72. The lowest BCUT2D eigenvalue weighted by atomic mass is 10.0. The predicted molar refractivity (Wildman–Crippen MR) is 100 cm³/mol. The van der Waals surface area contributed by atoms with Crippen molar-refractivity contribution in [3.63, 3.8) is 0 Å². The molecule has 0 saturated heterocycles. The second-order valence-electron chi connectivity index (χ2n) is 6.87. The van der Waals surface area contributed by atoms with Crippen LogP contribution >= 0.6 is 0 Å². The molecule has 0 unspecified atom stereocenters. The number of nitrogens with zero attached hydrogens (tertiary/aromatic N) is 2. The molecule has 2 rings (SSSR count). The van der Waals surface area contributed by atoms with Crippen molar-refractivity contribution in [3.05, 3.63) is 58.8 Å². The average molecular weight is 324 g/mol. The molecule has 0 aliphatic rings. The number of carbonyl (C=O) groups is 1. The van der Waals surface area contributed by atoms with Gasteiger partial charge in [0.05, 0.1) is 6.42 Å². The van der Waals surface area contributed by atoms with Gasteiger partial charge in [0.15, 0.2) is 0 Å². The zero-order chi connectivity index (χ0) is 17.7. The fourth-order valence-corrected chi connectivity index (χ4v) is 2.96. The van der Waals surface area contributed by atoms with Gasteiger partial charge in [-0.15, -0.1) is 0 Å². The number of rotatable bonds is 6. The Labute approximate surface area is 145 Å². The normalized spacial score (nSPS) is 10.9. The lowest BCUT2D eigenvalue weighted by molar-refractivity contribution is -0.118. The monoisotopic (exact) mass is 324 g/mol. The maximum absolute atomic E-state index is 12.7. The molecule has 128 valence electrons. The van der Waals surface area contributed by atoms with E-state index in [-0.39, 0.29) is 5.91 Å². The first kappa shape index (κ1) is 18.2. The van der Waals surface area contributed by atoms with Gasteiger partial charge in [0.1, 0.15) is 5.82 Å². The maximum Gasteiger partial charge on any atom is 0.232 e. The van der Waals surface area contributed by atoms with Crippen molar-refractivity contribution < 1.29 is 4.79 Å². The van der Waals surface area contributed by atoms with E-state index in [0.717, 1.165) is 29.1 Å². The Balaban J connectivity index is 2.11. The zero-order valence-corrected chi connectivity index (χ0v) is 15.5. The second kappa shape index (κ2) is 8.09. The number of anilines is 1. The van der Waals surface area contributed by atoms with Crippen LogP contribution < -0.4 is 4.90 Å². The molecule has 3 nitrogen and oxygen atoms in total. The minimum absolute atomic E-state index is 0.0895. The van der Waals surface area contributed by atoms with E-state index in [9.17, 15) is 4.79 Å². The molecule has 0 atom stereocenters. The van der Waals surface area contributed by atoms with Crippen LogP contribution in [-0.4, -0.2) is 17.4 Å². The van der Waals surface area contributed by atoms with Crippen LogP contribution in [0.4, 0.5) is 5.82 Å². The third-order valence-electron chi connectivity index (χ3n) is 4.00. The summed E-state index contributed by atoms with van der Waals surface area (Å²) < 4.78 is 0. The van der Waals surface area contributed by atoms with Gasteiger partial charge in [0.25, 0.3) is 0 Å². The smallest absolute Gasteiger partial charge is 0.232 e. The summed E-state index contributed by atoms with van der Waals surface area (Å²) in [6.45, 7) is 11.0. The van der Waals surface area contributed by atoms with E-state index in [1.165, 1.54) is 5.56 Å². The molecule has 1 aromatic carbocycles. The lowest BCUT2D eigenvalue weighted by Crippen LogP contribution is -2.32. The molecule has 0 fully saturated rings. The van der Waals surface area contributed by atoms with E-state index in [1.54, 1.807) is 4.90 Å². The molecular formula is C21H28N2O. The van der Waals surface area contributed by atoms with Gasteiger partial charge in [0, 0.05) is 12.2 Å². The highest BCUT2D eigenvalue weighted by Gasteiger charge is 2.16. The molecule has 24 heavy (non-hydrogen) atoms. The molecule has 0 aliphatic carbocycles. The SMILES string of the molecule is CCN(C(=O)Cc1ccc(CC(C)C)cc1)c1cc(C)cc(C)n1. The number of pyridine rings is 1. The molecule has 3 heteroatoms. The molecule has 1 amide bonds. The largest absolute Gasteiger partial charge is 0.297 e. The van der Waals surface area contributed by atoms with E-state index in [0.29, 0.717) is 18.9 Å². The highest BCUT2D eigenvalue weighted by Crippen LogP contribution is 2.17. The number of hydrogen-bond donors (Lipinski definition) is 0. The van der Waals surface area contributed by atoms with E-state index in [4.69, 9.17) is 0 Å². The van der Waals surface area contributed by atoms with Gasteiger partial charge in [-0.05, 0) is 61.9 Å². The fraction of sp³-hybridized carbons (Fsp3) is 0.429. The summed E-state index contributed by atoms with van der Waals surface area (Å²) in [6.07, 6.45) is 1.48. The van der Waals surface area contributed by atoms with Crippen molar-refractivity contribution in [1.82, 2.24) is 4.98 Å². The van der Waals surface area contributed by atoms with Crippen molar-refractivity contribution in [2.75, 3.05) is 11.4 Å². The molecule has 1 aromatic heterocycles. The van der Waals surface area contributed by atoms with Gasteiger partial charge in [-0.3, -0.25) is 9.69 Å². The number of aryl methyl sites for hydroxylation is 2. The molecule has 0 saturated carbocycles. The summed E-state index contributed by atoms with van der Waals surface area (Å²) in [5, 5.41) is 0. The first-order valence-electron chi connectivity index (χ1n) is 8.72. The Morgan fingerprint density at radius 3 is 2.25 bits per heavy atom. The van der Waals surface area contributed by atoms with Crippen molar-refractivity contribution in [2.24, 2.45) is 5.92 Å². The summed E-state index contributed by atoms with van der Waals surface area (Å²) >= 11 is 0. The molecule has 1 heterocycles. The Morgan fingerprint density at radius 1 is 1.08 bits per heavy atom. The van der Waals surface area contributed by atoms with Crippen LogP contribution in [-0.2, 0) is 17.6 Å². The molecule has 0 N–H and O–H groups in total. The molecular weight excluding hydrogens is 296 g/mol. The second-order valence-corrected chi connectivity index (χ2v) is 6.87. The van der Waals surface area contributed by atoms with E-state index < -0.39 is 0 Å². The van der Waals surface area contributed by atoms with Crippen LogP contribution in [0.1, 0.15) is 43.2 Å². The Hall–Kier alpha value is -2.16. The van der Waals surface area contributed by atoms with Crippen molar-refractivity contribution >= 4 is 11.7 Å². The standard InChI is InChI=1S/C21H28N2O/c1-6-23(20-13-16(4)12-17(5)22-20)21(24)14-19-9-7-18(8-10-19)11-15(2)3/h7-10,12-13,15H,6,11,14H2,1-5H3. The Morgan fingerprint density at radius 2 is 1.71 bits per heavy atom. The topological polar surface area (TPSA) is 33.2 Å². The van der Waals surface area contributed by atoms with Crippen LogP contribution in [0.25, 0.3) is 0 Å². The lowest BCUT2D eigenvalue weighted by Gasteiger charge is -2.21. The molecule has 0 spiro atoms. The highest BCUT2D eigenvalue weighted by atomic mass is 16.2. The van der Waals surface area contributed by atoms with Gasteiger partial charge in [0.2, 0.25) is 5.91 Å². The van der Waals surface area contributed by atoms with Crippen molar-refractivity contribution in [3.8, 4) is 0 Å². The Kier molecular flexibility index (Phi) is 6.13. The van der Waals surface area contributed by atoms with Gasteiger partial charge in [-0.2, -0.15) is 0 Å². The predicted octanol–water partition coefficient (Wildman–Crippen LogP) is 4.49. The number of benzene rings is 1. The van der Waals surface area contributed by atoms with Crippen molar-refractivity contribution in [1.29, 1.82) is 0 Å². The summed E-state index contributed by atoms with van der Waals surface area (Å²) in [7, 11) is 0. The molecule has 0 bridgehead atoms. The minimum Gasteiger partial charge on any atom is -0.297 e. The van der Waals surface area contributed by atoms with Gasteiger partial charge in [-0.1, -0.05) is 38.1 Å². The zero-order valence-electron chi connectivity index (χ0n) is 15.5. The maximum atomic E-state index is 12.7. The van der Waals surface area contributed by atoms with Gasteiger partial charge in [-0.25, -0.2) is 4.98 Å². The Bertz CT molecular complexity index is 669. The first-order chi connectivity index (χ1) is 11.4. The van der Waals surface area contributed by atoms with E-state index in [2.05, 4.69) is 43.1 Å². The van der Waals surface area contributed by atoms with Crippen LogP contribution in [0, 0.1) is 19.8 Å². The third-order valence-corrected chi connectivity index (χ3v) is 4.00. The minimum atomic E-state index is 0.0895. The van der Waals surface area contributed by atoms with Crippen molar-refractivity contribution in [2.45, 2.75) is 47.5 Å². The van der Waals surface area contributed by atoms with Gasteiger partial charge < -0.3 is 0 Å². The van der Waals surface area contributed by atoms with E-state index >= 15 is 0 Å². The molecule has 2 aromatic rings. The number of amides is 1. The average Bonchev–Trinajstić information content (AvgIpc) is 2.48. The number of aromatic nitrogens is 1. The van der Waals surface area contributed by atoms with E-state index in [1.807, 2.05) is 32.9 Å². The number of carbonyl (C=O) groups excluding carboxylic acids is 1. The summed E-state index contributed by atoms with van der Waals surface area (Å²) in [5.41, 5.74) is 4.44. The summed E-state index contributed by atoms with van der Waals surface area (Å²) in [5.74, 6) is 1.48. The van der Waals surface area contributed by atoms with Crippen LogP contribution in [0.2, 0.25) is 0 Å². The highest BCUT2D eigenvalue weighted by molar-refractivity contribution is 5.93. The van der Waals surface area contributed by atoms with Crippen LogP contribution in [0.5, 0.6) is 0 Å². The molecule has 0 radical (unpaired) electrons. The van der Waals surface area contributed by atoms with Gasteiger partial charge >= 0.3 is 0 Å². The van der Waals surface area contributed by atoms with Crippen LogP contribution in [0.3, 0.4) is 0 Å². The van der Waals surface area contributed by atoms with Crippen LogP contribution in [0.15, 0.2) is 36.4 Å². The summed E-state index contributed by atoms with van der Waals surface area (Å²) in [4.78, 5) is 19.0.